The van der Waals surface area contributed by atoms with E-state index >= 15 is 0 Å². The van der Waals surface area contributed by atoms with Crippen molar-refractivity contribution >= 4 is 11.8 Å². The average molecular weight is 263 g/mol. The smallest absolute Gasteiger partial charge is 0.243 e. The summed E-state index contributed by atoms with van der Waals surface area (Å²) in [5, 5.41) is 9.39. The molecular formula is C14H21N3O2. The number of primary amides is 1. The predicted molar refractivity (Wildman–Crippen MR) is 69.6 cm³/mol. The highest BCUT2D eigenvalue weighted by atomic mass is 16.2. The van der Waals surface area contributed by atoms with Gasteiger partial charge < -0.3 is 10.6 Å². The molecule has 1 aliphatic heterocycles. The van der Waals surface area contributed by atoms with E-state index in [0.717, 1.165) is 25.7 Å². The summed E-state index contributed by atoms with van der Waals surface area (Å²) in [5.41, 5.74) is 4.50. The molecule has 5 heteroatoms. The molecule has 0 radical (unpaired) electrons. The van der Waals surface area contributed by atoms with Gasteiger partial charge in [-0.3, -0.25) is 9.59 Å². The number of carbonyl (C=O) groups excluding carboxylic acids is 2. The number of hydrogen-bond donors (Lipinski definition) is 1. The van der Waals surface area contributed by atoms with Crippen LogP contribution in [0.4, 0.5) is 0 Å². The molecule has 1 saturated carbocycles. The molecule has 19 heavy (non-hydrogen) atoms. The molecule has 2 atom stereocenters. The van der Waals surface area contributed by atoms with Crippen molar-refractivity contribution in [2.24, 2.45) is 17.1 Å². The molecule has 1 heterocycles. The van der Waals surface area contributed by atoms with E-state index in [2.05, 4.69) is 6.07 Å². The van der Waals surface area contributed by atoms with Crippen molar-refractivity contribution in [1.29, 1.82) is 5.26 Å². The Kier molecular flexibility index (Phi) is 3.79. The molecule has 2 N–H and O–H groups in total. The Balaban J connectivity index is 2.17. The third-order valence-corrected chi connectivity index (χ3v) is 4.63. The molecule has 2 unspecified atom stereocenters. The summed E-state index contributed by atoms with van der Waals surface area (Å²) in [5.74, 6) is -0.703. The summed E-state index contributed by atoms with van der Waals surface area (Å²) < 4.78 is 0. The molecule has 2 aliphatic rings. The van der Waals surface area contributed by atoms with Gasteiger partial charge in [0.25, 0.3) is 0 Å². The van der Waals surface area contributed by atoms with Crippen molar-refractivity contribution in [2.45, 2.75) is 51.5 Å². The van der Waals surface area contributed by atoms with Crippen LogP contribution in [-0.2, 0) is 9.59 Å². The molecule has 5 nitrogen and oxygen atoms in total. The minimum Gasteiger partial charge on any atom is -0.369 e. The van der Waals surface area contributed by atoms with Crippen molar-refractivity contribution in [2.75, 3.05) is 6.54 Å². The van der Waals surface area contributed by atoms with Crippen molar-refractivity contribution in [3.05, 3.63) is 0 Å². The Morgan fingerprint density at radius 3 is 2.47 bits per heavy atom. The number of nitrogens with two attached hydrogens (primary N) is 1. The zero-order chi connectivity index (χ0) is 14.0. The number of carbonyl (C=O) groups is 2. The number of likely N-dealkylation sites (tertiary alicyclic amines) is 1. The lowest BCUT2D eigenvalue weighted by atomic mass is 9.83. The molecule has 104 valence electrons. The van der Waals surface area contributed by atoms with Crippen LogP contribution < -0.4 is 5.73 Å². The summed E-state index contributed by atoms with van der Waals surface area (Å²) in [4.78, 5) is 25.7. The van der Waals surface area contributed by atoms with Crippen LogP contribution in [-0.4, -0.2) is 29.3 Å². The lowest BCUT2D eigenvalue weighted by molar-refractivity contribution is -0.144. The molecule has 0 aromatic rings. The van der Waals surface area contributed by atoms with Crippen molar-refractivity contribution in [1.82, 2.24) is 4.90 Å². The maximum Gasteiger partial charge on any atom is 0.243 e. The molecule has 0 bridgehead atoms. The highest BCUT2D eigenvalue weighted by Crippen LogP contribution is 2.40. The maximum atomic E-state index is 12.7. The van der Waals surface area contributed by atoms with E-state index in [9.17, 15) is 14.9 Å². The molecule has 2 amide bonds. The summed E-state index contributed by atoms with van der Waals surface area (Å²) in [7, 11) is 0. The minimum atomic E-state index is -0.853. The summed E-state index contributed by atoms with van der Waals surface area (Å²) in [6, 6.07) is 2.32. The van der Waals surface area contributed by atoms with E-state index in [4.69, 9.17) is 5.73 Å². The lowest BCUT2D eigenvalue weighted by Crippen LogP contribution is -2.52. The molecule has 1 saturated heterocycles. The fourth-order valence-corrected chi connectivity index (χ4v) is 3.25. The van der Waals surface area contributed by atoms with Crippen LogP contribution in [0, 0.1) is 22.7 Å². The molecule has 0 aromatic carbocycles. The molecule has 0 spiro atoms. The van der Waals surface area contributed by atoms with Gasteiger partial charge in [-0.25, -0.2) is 0 Å². The second-order valence-electron chi connectivity index (χ2n) is 5.88. The second-order valence-corrected chi connectivity index (χ2v) is 5.88. The molecular weight excluding hydrogens is 242 g/mol. The highest BCUT2D eigenvalue weighted by Gasteiger charge is 2.46. The molecule has 1 aliphatic carbocycles. The molecule has 2 rings (SSSR count). The number of piperidine rings is 1. The van der Waals surface area contributed by atoms with E-state index in [1.165, 1.54) is 0 Å². The standard InChI is InChI=1S/C14H21N3O2/c1-10-4-5-11(12(16)18)8-17(10)13(19)14(9-15)6-2-3-7-14/h10-11H,2-8H2,1H3,(H2,16,18). The van der Waals surface area contributed by atoms with Gasteiger partial charge in [0, 0.05) is 12.6 Å². The number of hydrogen-bond acceptors (Lipinski definition) is 3. The summed E-state index contributed by atoms with van der Waals surface area (Å²) in [6.45, 7) is 2.36. The van der Waals surface area contributed by atoms with Gasteiger partial charge >= 0.3 is 0 Å². The Morgan fingerprint density at radius 2 is 1.95 bits per heavy atom. The first-order valence-electron chi connectivity index (χ1n) is 7.02. The third-order valence-electron chi connectivity index (χ3n) is 4.63. The van der Waals surface area contributed by atoms with Gasteiger partial charge in [0.05, 0.1) is 12.0 Å². The quantitative estimate of drug-likeness (QED) is 0.811. The summed E-state index contributed by atoms with van der Waals surface area (Å²) >= 11 is 0. The zero-order valence-corrected chi connectivity index (χ0v) is 11.4. The Morgan fingerprint density at radius 1 is 1.32 bits per heavy atom. The topological polar surface area (TPSA) is 87.2 Å². The number of amides is 2. The molecule has 2 fully saturated rings. The number of nitrogens with zero attached hydrogens (tertiary/aromatic N) is 2. The van der Waals surface area contributed by atoms with Crippen molar-refractivity contribution in [3.63, 3.8) is 0 Å². The van der Waals surface area contributed by atoms with Gasteiger partial charge in [-0.2, -0.15) is 5.26 Å². The van der Waals surface area contributed by atoms with Crippen LogP contribution in [0.5, 0.6) is 0 Å². The molecule has 0 aromatic heterocycles. The largest absolute Gasteiger partial charge is 0.369 e. The highest BCUT2D eigenvalue weighted by molar-refractivity contribution is 5.87. The fraction of sp³-hybridized carbons (Fsp3) is 0.786. The van der Waals surface area contributed by atoms with Gasteiger partial charge in [0.2, 0.25) is 11.8 Å². The Bertz CT molecular complexity index is 421. The monoisotopic (exact) mass is 263 g/mol. The van der Waals surface area contributed by atoms with Crippen LogP contribution in [0.25, 0.3) is 0 Å². The van der Waals surface area contributed by atoms with Crippen LogP contribution in [0.1, 0.15) is 45.4 Å². The average Bonchev–Trinajstić information content (AvgIpc) is 2.88. The van der Waals surface area contributed by atoms with Gasteiger partial charge in [-0.1, -0.05) is 12.8 Å². The van der Waals surface area contributed by atoms with Gasteiger partial charge in [-0.05, 0) is 32.6 Å². The Hall–Kier alpha value is -1.57. The summed E-state index contributed by atoms with van der Waals surface area (Å²) in [6.07, 6.45) is 4.67. The van der Waals surface area contributed by atoms with Crippen LogP contribution in [0.3, 0.4) is 0 Å². The van der Waals surface area contributed by atoms with Crippen molar-refractivity contribution in [3.8, 4) is 6.07 Å². The van der Waals surface area contributed by atoms with E-state index < -0.39 is 5.41 Å². The van der Waals surface area contributed by atoms with Crippen LogP contribution >= 0.6 is 0 Å². The maximum absolute atomic E-state index is 12.7. The van der Waals surface area contributed by atoms with E-state index in [0.29, 0.717) is 19.4 Å². The normalized spacial score (nSPS) is 29.8. The second kappa shape index (κ2) is 5.20. The minimum absolute atomic E-state index is 0.0916. The first-order chi connectivity index (χ1) is 9.00. The van der Waals surface area contributed by atoms with E-state index in [1.807, 2.05) is 6.92 Å². The zero-order valence-electron chi connectivity index (χ0n) is 11.4. The Labute approximate surface area is 113 Å². The first-order valence-corrected chi connectivity index (χ1v) is 7.02. The van der Waals surface area contributed by atoms with Crippen LogP contribution in [0.2, 0.25) is 0 Å². The predicted octanol–water partition coefficient (Wildman–Crippen LogP) is 1.18. The fourth-order valence-electron chi connectivity index (χ4n) is 3.25. The first kappa shape index (κ1) is 13.9. The van der Waals surface area contributed by atoms with Crippen molar-refractivity contribution < 1.29 is 9.59 Å². The van der Waals surface area contributed by atoms with Gasteiger partial charge in [0.15, 0.2) is 0 Å². The third kappa shape index (κ3) is 2.44. The number of nitriles is 1. The lowest BCUT2D eigenvalue weighted by Gasteiger charge is -2.40. The van der Waals surface area contributed by atoms with E-state index in [-0.39, 0.29) is 23.8 Å². The van der Waals surface area contributed by atoms with Gasteiger partial charge in [-0.15, -0.1) is 0 Å². The SMILES string of the molecule is CC1CCC(C(N)=O)CN1C(=O)C1(C#N)CCCC1. The van der Waals surface area contributed by atoms with E-state index in [1.54, 1.807) is 4.90 Å². The van der Waals surface area contributed by atoms with Gasteiger partial charge in [0.1, 0.15) is 5.41 Å². The van der Waals surface area contributed by atoms with Crippen LogP contribution in [0.15, 0.2) is 0 Å². The number of rotatable bonds is 2.